The second-order valence-electron chi connectivity index (χ2n) is 5.50. The lowest BCUT2D eigenvalue weighted by Crippen LogP contribution is -2.35. The molecule has 1 saturated heterocycles. The molecule has 1 aromatic rings. The number of benzene rings is 1. The average Bonchev–Trinajstić information content (AvgIpc) is 2.98. The molecule has 1 fully saturated rings. The van der Waals surface area contributed by atoms with Crippen molar-refractivity contribution in [3.8, 4) is 0 Å². The summed E-state index contributed by atoms with van der Waals surface area (Å²) in [5.74, 6) is 0.823. The fourth-order valence-electron chi connectivity index (χ4n) is 2.69. The third kappa shape index (κ3) is 4.64. The van der Waals surface area contributed by atoms with Crippen LogP contribution in [0, 0.1) is 5.92 Å². The third-order valence-electron chi connectivity index (χ3n) is 3.94. The maximum atomic E-state index is 12.2. The van der Waals surface area contributed by atoms with Gasteiger partial charge in [0.1, 0.15) is 0 Å². The molecule has 1 aliphatic heterocycles. The van der Waals surface area contributed by atoms with Gasteiger partial charge in [0.2, 0.25) is 5.91 Å². The van der Waals surface area contributed by atoms with Gasteiger partial charge in [-0.15, -0.1) is 0 Å². The fraction of sp³-hybridized carbons (Fsp3) is 0.588. The Bertz CT molecular complexity index is 399. The van der Waals surface area contributed by atoms with E-state index in [9.17, 15) is 4.79 Å². The fourth-order valence-corrected chi connectivity index (χ4v) is 2.69. The molecule has 0 unspecified atom stereocenters. The van der Waals surface area contributed by atoms with E-state index in [2.05, 4.69) is 31.2 Å². The lowest BCUT2D eigenvalue weighted by atomic mass is 10.1. The zero-order chi connectivity index (χ0) is 14.2. The van der Waals surface area contributed by atoms with Gasteiger partial charge in [0.05, 0.1) is 6.61 Å². The number of nitrogens with zero attached hydrogens (tertiary/aromatic N) is 1. The molecule has 0 bridgehead atoms. The predicted octanol–water partition coefficient (Wildman–Crippen LogP) is 2.89. The minimum Gasteiger partial charge on any atom is -0.381 e. The monoisotopic (exact) mass is 275 g/mol. The minimum absolute atomic E-state index is 0.287. The van der Waals surface area contributed by atoms with Gasteiger partial charge < -0.3 is 9.64 Å². The molecule has 1 amide bonds. The molecule has 0 N–H and O–H groups in total. The van der Waals surface area contributed by atoms with Crippen molar-refractivity contribution in [1.82, 2.24) is 4.90 Å². The zero-order valence-electron chi connectivity index (χ0n) is 12.4. The quantitative estimate of drug-likeness (QED) is 0.766. The Morgan fingerprint density at radius 2 is 2.15 bits per heavy atom. The van der Waals surface area contributed by atoms with Gasteiger partial charge in [-0.2, -0.15) is 0 Å². The Labute approximate surface area is 121 Å². The molecule has 1 aromatic carbocycles. The maximum absolute atomic E-state index is 12.2. The highest BCUT2D eigenvalue weighted by molar-refractivity contribution is 5.76. The van der Waals surface area contributed by atoms with E-state index in [1.54, 1.807) is 0 Å². The van der Waals surface area contributed by atoms with Crippen molar-refractivity contribution in [3.05, 3.63) is 35.9 Å². The summed E-state index contributed by atoms with van der Waals surface area (Å²) in [5, 5.41) is 0. The van der Waals surface area contributed by atoms with Crippen LogP contribution in [-0.2, 0) is 16.0 Å². The number of carbonyl (C=O) groups is 1. The van der Waals surface area contributed by atoms with Crippen LogP contribution in [0.25, 0.3) is 0 Å². The lowest BCUT2D eigenvalue weighted by molar-refractivity contribution is -0.131. The van der Waals surface area contributed by atoms with E-state index in [0.717, 1.165) is 45.6 Å². The number of ether oxygens (including phenoxy) is 1. The normalized spacial score (nSPS) is 18.1. The van der Waals surface area contributed by atoms with Crippen LogP contribution in [0.1, 0.15) is 31.7 Å². The Hall–Kier alpha value is -1.35. The number of carbonyl (C=O) groups excluding carboxylic acids is 1. The van der Waals surface area contributed by atoms with Crippen LogP contribution in [0.5, 0.6) is 0 Å². The summed E-state index contributed by atoms with van der Waals surface area (Å²) in [4.78, 5) is 14.2. The molecule has 1 heterocycles. The van der Waals surface area contributed by atoms with E-state index in [-0.39, 0.29) is 5.91 Å². The first kappa shape index (κ1) is 15.0. The van der Waals surface area contributed by atoms with Crippen molar-refractivity contribution in [1.29, 1.82) is 0 Å². The van der Waals surface area contributed by atoms with Crippen molar-refractivity contribution in [2.75, 3.05) is 26.3 Å². The van der Waals surface area contributed by atoms with Crippen LogP contribution in [0.3, 0.4) is 0 Å². The lowest BCUT2D eigenvalue weighted by Gasteiger charge is -2.23. The molecule has 0 aliphatic carbocycles. The van der Waals surface area contributed by atoms with Crippen LogP contribution in [0.2, 0.25) is 0 Å². The van der Waals surface area contributed by atoms with E-state index in [1.165, 1.54) is 5.56 Å². The molecule has 20 heavy (non-hydrogen) atoms. The molecular formula is C17H25NO2. The summed E-state index contributed by atoms with van der Waals surface area (Å²) in [5.41, 5.74) is 1.31. The molecule has 3 nitrogen and oxygen atoms in total. The van der Waals surface area contributed by atoms with Crippen molar-refractivity contribution >= 4 is 5.91 Å². The molecule has 1 atom stereocenters. The molecule has 1 aliphatic rings. The van der Waals surface area contributed by atoms with Crippen LogP contribution in [0.15, 0.2) is 30.3 Å². The summed E-state index contributed by atoms with van der Waals surface area (Å²) >= 11 is 0. The van der Waals surface area contributed by atoms with E-state index in [4.69, 9.17) is 4.74 Å². The first-order valence-corrected chi connectivity index (χ1v) is 7.69. The molecule has 2 rings (SSSR count). The van der Waals surface area contributed by atoms with Crippen molar-refractivity contribution < 1.29 is 9.53 Å². The Morgan fingerprint density at radius 1 is 1.35 bits per heavy atom. The molecule has 110 valence electrons. The predicted molar refractivity (Wildman–Crippen MR) is 80.6 cm³/mol. The summed E-state index contributed by atoms with van der Waals surface area (Å²) in [6.07, 6.45) is 3.65. The zero-order valence-corrected chi connectivity index (χ0v) is 12.4. The first-order valence-electron chi connectivity index (χ1n) is 7.69. The number of amides is 1. The molecule has 3 heteroatoms. The molecular weight excluding hydrogens is 250 g/mol. The Kier molecular flexibility index (Phi) is 6.06. The highest BCUT2D eigenvalue weighted by Crippen LogP contribution is 2.15. The highest BCUT2D eigenvalue weighted by Gasteiger charge is 2.21. The molecule has 0 aromatic heterocycles. The van der Waals surface area contributed by atoms with Gasteiger partial charge in [0, 0.05) is 32.0 Å². The van der Waals surface area contributed by atoms with E-state index in [1.807, 2.05) is 11.0 Å². The number of hydrogen-bond acceptors (Lipinski definition) is 2. The minimum atomic E-state index is 0.287. The Balaban J connectivity index is 1.71. The van der Waals surface area contributed by atoms with E-state index < -0.39 is 0 Å². The van der Waals surface area contributed by atoms with Crippen LogP contribution < -0.4 is 0 Å². The van der Waals surface area contributed by atoms with Gasteiger partial charge >= 0.3 is 0 Å². The summed E-state index contributed by atoms with van der Waals surface area (Å²) in [7, 11) is 0. The molecule has 0 radical (unpaired) electrons. The van der Waals surface area contributed by atoms with Crippen LogP contribution in [0.4, 0.5) is 0 Å². The SMILES string of the molecule is CCN(C[C@@H]1CCOC1)C(=O)CCCc1ccccc1. The topological polar surface area (TPSA) is 29.5 Å². The number of aryl methyl sites for hydroxylation is 1. The van der Waals surface area contributed by atoms with Crippen LogP contribution >= 0.6 is 0 Å². The van der Waals surface area contributed by atoms with E-state index in [0.29, 0.717) is 12.3 Å². The number of rotatable bonds is 7. The smallest absolute Gasteiger partial charge is 0.222 e. The second-order valence-corrected chi connectivity index (χ2v) is 5.50. The maximum Gasteiger partial charge on any atom is 0.222 e. The van der Waals surface area contributed by atoms with Crippen molar-refractivity contribution in [3.63, 3.8) is 0 Å². The average molecular weight is 275 g/mol. The van der Waals surface area contributed by atoms with E-state index >= 15 is 0 Å². The largest absolute Gasteiger partial charge is 0.381 e. The van der Waals surface area contributed by atoms with Gasteiger partial charge in [-0.25, -0.2) is 0 Å². The summed E-state index contributed by atoms with van der Waals surface area (Å²) in [6, 6.07) is 10.4. The van der Waals surface area contributed by atoms with Gasteiger partial charge in [-0.05, 0) is 31.7 Å². The molecule has 0 saturated carbocycles. The Morgan fingerprint density at radius 3 is 2.80 bits per heavy atom. The van der Waals surface area contributed by atoms with Crippen molar-refractivity contribution in [2.45, 2.75) is 32.6 Å². The van der Waals surface area contributed by atoms with Gasteiger partial charge in [-0.1, -0.05) is 30.3 Å². The third-order valence-corrected chi connectivity index (χ3v) is 3.94. The first-order chi connectivity index (χ1) is 9.79. The van der Waals surface area contributed by atoms with Gasteiger partial charge in [0.25, 0.3) is 0 Å². The summed E-state index contributed by atoms with van der Waals surface area (Å²) < 4.78 is 5.38. The van der Waals surface area contributed by atoms with Gasteiger partial charge in [0.15, 0.2) is 0 Å². The molecule has 0 spiro atoms. The van der Waals surface area contributed by atoms with Crippen molar-refractivity contribution in [2.24, 2.45) is 5.92 Å². The van der Waals surface area contributed by atoms with Crippen LogP contribution in [-0.4, -0.2) is 37.1 Å². The summed E-state index contributed by atoms with van der Waals surface area (Å²) in [6.45, 7) is 5.39. The van der Waals surface area contributed by atoms with Gasteiger partial charge in [-0.3, -0.25) is 4.79 Å². The number of hydrogen-bond donors (Lipinski definition) is 0. The second kappa shape index (κ2) is 8.05. The highest BCUT2D eigenvalue weighted by atomic mass is 16.5. The standard InChI is InChI=1S/C17H25NO2/c1-2-18(13-16-11-12-20-14-16)17(19)10-6-9-15-7-4-3-5-8-15/h3-5,7-8,16H,2,6,9-14H2,1H3/t16-/m0/s1.